The third-order valence-electron chi connectivity index (χ3n) is 18.7. The smallest absolute Gasteiger partial charge is 0.462 e. The van der Waals surface area contributed by atoms with Crippen LogP contribution in [0.1, 0.15) is 408 Å². The lowest BCUT2D eigenvalue weighted by Crippen LogP contribution is -2.30. The fourth-order valence-electron chi connectivity index (χ4n) is 12.1. The third kappa shape index (κ3) is 71.1. The molecule has 0 aromatic rings. The van der Waals surface area contributed by atoms with Gasteiger partial charge in [-0.3, -0.25) is 37.3 Å². The largest absolute Gasteiger partial charge is 0.472 e. The Labute approximate surface area is 600 Å². The zero-order valence-corrected chi connectivity index (χ0v) is 66.0. The van der Waals surface area contributed by atoms with Gasteiger partial charge in [-0.1, -0.05) is 357 Å². The molecule has 0 aromatic carbocycles. The summed E-state index contributed by atoms with van der Waals surface area (Å²) in [4.78, 5) is 72.9. The van der Waals surface area contributed by atoms with E-state index in [9.17, 15) is 43.2 Å². The summed E-state index contributed by atoms with van der Waals surface area (Å²) < 4.78 is 68.6. The number of ether oxygens (including phenoxy) is 4. The van der Waals surface area contributed by atoms with Gasteiger partial charge in [-0.15, -0.1) is 0 Å². The molecule has 3 unspecified atom stereocenters. The highest BCUT2D eigenvalue weighted by Crippen LogP contribution is 2.45. The molecule has 0 saturated heterocycles. The minimum absolute atomic E-state index is 0.104. The first-order chi connectivity index (χ1) is 47.3. The first-order valence-electron chi connectivity index (χ1n) is 40.9. The van der Waals surface area contributed by atoms with Gasteiger partial charge in [0.1, 0.15) is 19.3 Å². The van der Waals surface area contributed by atoms with Crippen LogP contribution in [0.4, 0.5) is 0 Å². The first-order valence-corrected chi connectivity index (χ1v) is 43.9. The van der Waals surface area contributed by atoms with Crippen LogP contribution >= 0.6 is 15.6 Å². The molecule has 98 heavy (non-hydrogen) atoms. The number of rotatable bonds is 77. The Bertz CT molecular complexity index is 1910. The minimum atomic E-state index is -4.96. The molecule has 0 aliphatic heterocycles. The topological polar surface area (TPSA) is 237 Å². The van der Waals surface area contributed by atoms with Crippen LogP contribution in [0.2, 0.25) is 0 Å². The molecule has 0 aliphatic rings. The van der Waals surface area contributed by atoms with Crippen LogP contribution in [0.3, 0.4) is 0 Å². The molecule has 6 atom stereocenters. The normalized spacial score (nSPS) is 14.3. The number of unbranched alkanes of at least 4 members (excludes halogenated alkanes) is 44. The number of carbonyl (C=O) groups is 4. The van der Waals surface area contributed by atoms with Gasteiger partial charge < -0.3 is 33.8 Å². The summed E-state index contributed by atoms with van der Waals surface area (Å²) in [6.07, 6.45) is 57.1. The maximum absolute atomic E-state index is 13.1. The predicted octanol–water partition coefficient (Wildman–Crippen LogP) is 23.4. The van der Waals surface area contributed by atoms with Gasteiger partial charge in [0.25, 0.3) is 0 Å². The van der Waals surface area contributed by atoms with Gasteiger partial charge in [-0.2, -0.15) is 0 Å². The number of carbonyl (C=O) groups excluding carboxylic acids is 4. The Morgan fingerprint density at radius 1 is 0.296 bits per heavy atom. The average molecular weight is 1440 g/mol. The number of esters is 4. The second-order valence-electron chi connectivity index (χ2n) is 29.6. The van der Waals surface area contributed by atoms with Crippen LogP contribution in [0.15, 0.2) is 0 Å². The number of hydrogen-bond donors (Lipinski definition) is 3. The summed E-state index contributed by atoms with van der Waals surface area (Å²) in [5, 5.41) is 10.6. The Morgan fingerprint density at radius 3 is 0.776 bits per heavy atom. The minimum Gasteiger partial charge on any atom is -0.462 e. The molecule has 0 heterocycles. The number of phosphoric acid groups is 2. The molecule has 3 N–H and O–H groups in total. The zero-order chi connectivity index (χ0) is 72.3. The molecule has 17 nitrogen and oxygen atoms in total. The van der Waals surface area contributed by atoms with Crippen molar-refractivity contribution in [3.05, 3.63) is 0 Å². The van der Waals surface area contributed by atoms with Gasteiger partial charge in [-0.25, -0.2) is 9.13 Å². The van der Waals surface area contributed by atoms with E-state index in [1.165, 1.54) is 212 Å². The molecule has 0 bridgehead atoms. The van der Waals surface area contributed by atoms with Crippen LogP contribution in [0.25, 0.3) is 0 Å². The molecule has 0 radical (unpaired) electrons. The van der Waals surface area contributed by atoms with E-state index in [2.05, 4.69) is 48.5 Å². The van der Waals surface area contributed by atoms with Crippen molar-refractivity contribution in [3.8, 4) is 0 Å². The van der Waals surface area contributed by atoms with Crippen LogP contribution in [0.5, 0.6) is 0 Å². The van der Waals surface area contributed by atoms with E-state index in [1.54, 1.807) is 0 Å². The van der Waals surface area contributed by atoms with Crippen molar-refractivity contribution in [1.82, 2.24) is 0 Å². The van der Waals surface area contributed by atoms with E-state index in [1.807, 2.05) is 0 Å². The van der Waals surface area contributed by atoms with E-state index >= 15 is 0 Å². The van der Waals surface area contributed by atoms with E-state index < -0.39 is 97.5 Å². The lowest BCUT2D eigenvalue weighted by molar-refractivity contribution is -0.161. The van der Waals surface area contributed by atoms with Gasteiger partial charge in [0, 0.05) is 25.7 Å². The maximum Gasteiger partial charge on any atom is 0.472 e. The first kappa shape index (κ1) is 96.1. The fraction of sp³-hybridized carbons (Fsp3) is 0.949. The standard InChI is InChI=1S/C79H154O17P2/c1-8-10-11-12-13-14-15-16-17-18-19-20-21-26-29-32-40-48-55-62-78(83)95-74(66-89-76(81)60-53-46-39-31-28-25-23-22-24-27-30-38-45-52-59-72(7)9-2)68-93-97(85,86)91-64-73(80)65-92-98(87,88)94-69-75(67-90-77(82)61-54-47-42-35-37-44-51-58-71(5)6)96-79(84)63-56-49-41-34-33-36-43-50-57-70(3)4/h70-75,80H,8-69H2,1-7H3,(H,85,86)(H,87,88)/t72?,73-,74-,75-/m1/s1. The molecule has 19 heteroatoms. The molecule has 0 rings (SSSR count). The van der Waals surface area contributed by atoms with Crippen LogP contribution in [-0.2, 0) is 65.4 Å². The third-order valence-corrected chi connectivity index (χ3v) is 20.6. The average Bonchev–Trinajstić information content (AvgIpc) is 1.11. The molecule has 0 saturated carbocycles. The lowest BCUT2D eigenvalue weighted by Gasteiger charge is -2.21. The summed E-state index contributed by atoms with van der Waals surface area (Å²) in [6, 6.07) is 0. The van der Waals surface area contributed by atoms with Crippen molar-refractivity contribution in [2.75, 3.05) is 39.6 Å². The molecular weight excluding hydrogens is 1280 g/mol. The fourth-order valence-corrected chi connectivity index (χ4v) is 13.7. The predicted molar refractivity (Wildman–Crippen MR) is 400 cm³/mol. The Kier molecular flexibility index (Phi) is 68.1. The quantitative estimate of drug-likeness (QED) is 0.0222. The SMILES string of the molecule is CCCCCCCCCCCCCCCCCCCCCC(=O)O[C@H](COC(=O)CCCCCCCCCCCCCCCCC(C)CC)COP(=O)(O)OC[C@@H](O)COP(=O)(O)OC[C@@H](COC(=O)CCCCCCCCCC(C)C)OC(=O)CCCCCCCCCCC(C)C. The number of aliphatic hydroxyl groups is 1. The zero-order valence-electron chi connectivity index (χ0n) is 64.3. The van der Waals surface area contributed by atoms with Gasteiger partial charge >= 0.3 is 39.5 Å². The van der Waals surface area contributed by atoms with E-state index in [-0.39, 0.29) is 25.7 Å². The van der Waals surface area contributed by atoms with Gasteiger partial charge in [0.15, 0.2) is 12.2 Å². The summed E-state index contributed by atoms with van der Waals surface area (Å²) in [7, 11) is -9.92. The summed E-state index contributed by atoms with van der Waals surface area (Å²) in [6.45, 7) is 11.9. The Morgan fingerprint density at radius 2 is 0.520 bits per heavy atom. The van der Waals surface area contributed by atoms with Crippen LogP contribution in [-0.4, -0.2) is 96.7 Å². The van der Waals surface area contributed by atoms with Crippen molar-refractivity contribution >= 4 is 39.5 Å². The monoisotopic (exact) mass is 1440 g/mol. The summed E-state index contributed by atoms with van der Waals surface area (Å²) >= 11 is 0. The molecule has 0 amide bonds. The van der Waals surface area contributed by atoms with Crippen molar-refractivity contribution in [2.24, 2.45) is 17.8 Å². The van der Waals surface area contributed by atoms with Gasteiger partial charge in [-0.05, 0) is 43.4 Å². The van der Waals surface area contributed by atoms with Crippen LogP contribution in [0, 0.1) is 17.8 Å². The molecule has 582 valence electrons. The number of phosphoric ester groups is 2. The Balaban J connectivity index is 5.22. The highest BCUT2D eigenvalue weighted by molar-refractivity contribution is 7.47. The second-order valence-corrected chi connectivity index (χ2v) is 32.6. The number of aliphatic hydroxyl groups excluding tert-OH is 1. The highest BCUT2D eigenvalue weighted by Gasteiger charge is 2.30. The molecule has 0 aromatic heterocycles. The van der Waals surface area contributed by atoms with Gasteiger partial charge in [0.05, 0.1) is 26.4 Å². The van der Waals surface area contributed by atoms with E-state index in [0.29, 0.717) is 31.6 Å². The van der Waals surface area contributed by atoms with Gasteiger partial charge in [0.2, 0.25) is 0 Å². The maximum atomic E-state index is 13.1. The molecular formula is C79H154O17P2. The summed E-state index contributed by atoms with van der Waals surface area (Å²) in [5.41, 5.74) is 0. The second kappa shape index (κ2) is 69.4. The number of hydrogen-bond acceptors (Lipinski definition) is 15. The van der Waals surface area contributed by atoms with Crippen molar-refractivity contribution in [3.63, 3.8) is 0 Å². The van der Waals surface area contributed by atoms with E-state index in [4.69, 9.17) is 37.0 Å². The molecule has 0 fully saturated rings. The summed E-state index contributed by atoms with van der Waals surface area (Å²) in [5.74, 6) is 0.156. The lowest BCUT2D eigenvalue weighted by atomic mass is 9.99. The van der Waals surface area contributed by atoms with Crippen molar-refractivity contribution in [1.29, 1.82) is 0 Å². The van der Waals surface area contributed by atoms with Crippen molar-refractivity contribution in [2.45, 2.75) is 426 Å². The van der Waals surface area contributed by atoms with Crippen molar-refractivity contribution < 1.29 is 80.2 Å². The van der Waals surface area contributed by atoms with Crippen LogP contribution < -0.4 is 0 Å². The van der Waals surface area contributed by atoms with E-state index in [0.717, 1.165) is 108 Å². The highest BCUT2D eigenvalue weighted by atomic mass is 31.2. The molecule has 0 aliphatic carbocycles. The Hall–Kier alpha value is -1.94. The molecule has 0 spiro atoms.